The predicted octanol–water partition coefficient (Wildman–Crippen LogP) is 4.93. The Hall–Kier alpha value is -4.16. The van der Waals surface area contributed by atoms with Crippen molar-refractivity contribution in [1.82, 2.24) is 5.32 Å². The van der Waals surface area contributed by atoms with Crippen LogP contribution in [-0.2, 0) is 14.8 Å². The molecule has 2 N–H and O–H groups in total. The predicted molar refractivity (Wildman–Crippen MR) is 153 cm³/mol. The van der Waals surface area contributed by atoms with Crippen molar-refractivity contribution in [3.63, 3.8) is 0 Å². The largest absolute Gasteiger partial charge is 0.495 e. The standard InChI is InChI=1S/C27H29ClN4O7S/c1-4-5-14-29-27(34)21-8-6-7-9-22(21)30-26(33)17-31(24-15-19(28)11-13-25(24)39-3)40(37,38)20-12-10-18(2)23(16-20)32(35)36/h6-13,15-16H,4-5,14,17H2,1-3H3,(H,29,34)(H,30,33). The number of ether oxygens (including phenoxy) is 1. The first kappa shape index (κ1) is 30.4. The lowest BCUT2D eigenvalue weighted by molar-refractivity contribution is -0.385. The minimum atomic E-state index is -4.55. The minimum absolute atomic E-state index is 0.0565. The molecule has 0 saturated carbocycles. The van der Waals surface area contributed by atoms with Crippen LogP contribution in [0.25, 0.3) is 0 Å². The zero-order valence-corrected chi connectivity index (χ0v) is 23.7. The zero-order valence-electron chi connectivity index (χ0n) is 22.1. The molecular formula is C27H29ClN4O7S. The number of anilines is 2. The minimum Gasteiger partial charge on any atom is -0.495 e. The summed E-state index contributed by atoms with van der Waals surface area (Å²) in [6, 6.07) is 14.0. The molecule has 0 aromatic heterocycles. The summed E-state index contributed by atoms with van der Waals surface area (Å²) in [5.41, 5.74) is 0.201. The third kappa shape index (κ3) is 7.07. The number of nitro benzene ring substituents is 1. The molecule has 0 spiro atoms. The number of carbonyl (C=O) groups is 2. The van der Waals surface area contributed by atoms with Crippen molar-refractivity contribution in [3.8, 4) is 5.75 Å². The van der Waals surface area contributed by atoms with E-state index in [0.29, 0.717) is 6.54 Å². The molecule has 0 aliphatic rings. The normalized spacial score (nSPS) is 11.0. The fourth-order valence-electron chi connectivity index (χ4n) is 3.82. The van der Waals surface area contributed by atoms with E-state index in [0.717, 1.165) is 23.2 Å². The highest BCUT2D eigenvalue weighted by molar-refractivity contribution is 7.92. The van der Waals surface area contributed by atoms with Crippen LogP contribution in [0.3, 0.4) is 0 Å². The number of carbonyl (C=O) groups excluding carboxylic acids is 2. The van der Waals surface area contributed by atoms with Gasteiger partial charge in [0.2, 0.25) is 5.91 Å². The van der Waals surface area contributed by atoms with Gasteiger partial charge in [0.05, 0.1) is 33.9 Å². The van der Waals surface area contributed by atoms with E-state index in [-0.39, 0.29) is 33.3 Å². The van der Waals surface area contributed by atoms with Gasteiger partial charge in [0.1, 0.15) is 12.3 Å². The number of amides is 2. The van der Waals surface area contributed by atoms with Gasteiger partial charge in [0.15, 0.2) is 0 Å². The number of halogens is 1. The summed E-state index contributed by atoms with van der Waals surface area (Å²) < 4.78 is 33.8. The van der Waals surface area contributed by atoms with Crippen molar-refractivity contribution in [1.29, 1.82) is 0 Å². The third-order valence-electron chi connectivity index (χ3n) is 5.92. The number of rotatable bonds is 12. The Balaban J connectivity index is 2.03. The second kappa shape index (κ2) is 13.3. The van der Waals surface area contributed by atoms with Gasteiger partial charge in [-0.15, -0.1) is 0 Å². The second-order valence-electron chi connectivity index (χ2n) is 8.74. The van der Waals surface area contributed by atoms with Gasteiger partial charge in [-0.3, -0.25) is 24.0 Å². The van der Waals surface area contributed by atoms with Gasteiger partial charge in [-0.25, -0.2) is 8.42 Å². The second-order valence-corrected chi connectivity index (χ2v) is 11.0. The SMILES string of the molecule is CCCCNC(=O)c1ccccc1NC(=O)CN(c1cc(Cl)ccc1OC)S(=O)(=O)c1ccc(C)c([N+](=O)[O-])c1. The summed E-state index contributed by atoms with van der Waals surface area (Å²) in [5, 5.41) is 17.1. The fraction of sp³-hybridized carbons (Fsp3) is 0.259. The summed E-state index contributed by atoms with van der Waals surface area (Å²) in [7, 11) is -3.23. The number of aryl methyl sites for hydroxylation is 1. The molecule has 13 heteroatoms. The Bertz CT molecular complexity index is 1530. The molecule has 0 aliphatic heterocycles. The van der Waals surface area contributed by atoms with Crippen LogP contribution >= 0.6 is 11.6 Å². The van der Waals surface area contributed by atoms with Gasteiger partial charge >= 0.3 is 0 Å². The Kier molecular flexibility index (Phi) is 10.1. The number of nitrogens with zero attached hydrogens (tertiary/aromatic N) is 2. The number of nitrogens with one attached hydrogen (secondary N) is 2. The Morgan fingerprint density at radius 3 is 2.50 bits per heavy atom. The number of nitro groups is 1. The molecule has 3 aromatic carbocycles. The molecule has 0 bridgehead atoms. The highest BCUT2D eigenvalue weighted by Gasteiger charge is 2.31. The molecule has 0 aliphatic carbocycles. The molecular weight excluding hydrogens is 560 g/mol. The average molecular weight is 589 g/mol. The maximum absolute atomic E-state index is 13.9. The number of sulfonamides is 1. The third-order valence-corrected chi connectivity index (χ3v) is 7.91. The smallest absolute Gasteiger partial charge is 0.273 e. The van der Waals surface area contributed by atoms with Crippen molar-refractivity contribution < 1.29 is 27.7 Å². The number of hydrogen-bond donors (Lipinski definition) is 2. The molecule has 0 fully saturated rings. The van der Waals surface area contributed by atoms with Crippen LogP contribution < -0.4 is 19.7 Å². The van der Waals surface area contributed by atoms with Crippen molar-refractivity contribution in [2.45, 2.75) is 31.6 Å². The van der Waals surface area contributed by atoms with Gasteiger partial charge in [0.25, 0.3) is 21.6 Å². The maximum atomic E-state index is 13.9. The number of methoxy groups -OCH3 is 1. The average Bonchev–Trinajstić information content (AvgIpc) is 2.92. The van der Waals surface area contributed by atoms with E-state index in [1.54, 1.807) is 12.1 Å². The molecule has 0 unspecified atom stereocenters. The van der Waals surface area contributed by atoms with Crippen LogP contribution in [0, 0.1) is 17.0 Å². The number of unbranched alkanes of at least 4 members (excludes halogenated alkanes) is 1. The van der Waals surface area contributed by atoms with Crippen molar-refractivity contribution in [2.75, 3.05) is 29.8 Å². The van der Waals surface area contributed by atoms with E-state index < -0.39 is 43.9 Å². The van der Waals surface area contributed by atoms with Crippen LogP contribution in [0.5, 0.6) is 5.75 Å². The molecule has 3 aromatic rings. The van der Waals surface area contributed by atoms with Crippen molar-refractivity contribution >= 4 is 50.5 Å². The fourth-order valence-corrected chi connectivity index (χ4v) is 5.43. The number of para-hydroxylation sites is 1. The Labute approximate surface area is 237 Å². The number of benzene rings is 3. The topological polar surface area (TPSA) is 148 Å². The van der Waals surface area contributed by atoms with Crippen molar-refractivity contribution in [3.05, 3.63) is 86.9 Å². The molecule has 0 radical (unpaired) electrons. The first-order chi connectivity index (χ1) is 19.0. The summed E-state index contributed by atoms with van der Waals surface area (Å²) in [5.74, 6) is -1.07. The summed E-state index contributed by atoms with van der Waals surface area (Å²) in [6.45, 7) is 3.17. The van der Waals surface area contributed by atoms with E-state index in [1.807, 2.05) is 6.92 Å². The van der Waals surface area contributed by atoms with Gasteiger partial charge in [0, 0.05) is 23.2 Å². The van der Waals surface area contributed by atoms with Crippen LogP contribution in [0.2, 0.25) is 5.02 Å². The van der Waals surface area contributed by atoms with E-state index in [1.165, 1.54) is 56.5 Å². The van der Waals surface area contributed by atoms with Gasteiger partial charge in [-0.05, 0) is 49.7 Å². The lowest BCUT2D eigenvalue weighted by atomic mass is 10.1. The van der Waals surface area contributed by atoms with Crippen LogP contribution in [-0.4, -0.2) is 45.4 Å². The van der Waals surface area contributed by atoms with Gasteiger partial charge in [-0.1, -0.05) is 43.1 Å². The molecule has 11 nitrogen and oxygen atoms in total. The van der Waals surface area contributed by atoms with E-state index in [9.17, 15) is 28.1 Å². The molecule has 0 saturated heterocycles. The highest BCUT2D eigenvalue weighted by Crippen LogP contribution is 2.36. The Morgan fingerprint density at radius 1 is 1.10 bits per heavy atom. The molecule has 0 heterocycles. The first-order valence-electron chi connectivity index (χ1n) is 12.3. The highest BCUT2D eigenvalue weighted by atomic mass is 35.5. The summed E-state index contributed by atoms with van der Waals surface area (Å²) in [4.78, 5) is 36.4. The Morgan fingerprint density at radius 2 is 1.82 bits per heavy atom. The first-order valence-corrected chi connectivity index (χ1v) is 14.1. The summed E-state index contributed by atoms with van der Waals surface area (Å²) >= 11 is 6.16. The van der Waals surface area contributed by atoms with E-state index in [4.69, 9.17) is 16.3 Å². The summed E-state index contributed by atoms with van der Waals surface area (Å²) in [6.07, 6.45) is 1.67. The molecule has 40 heavy (non-hydrogen) atoms. The quantitative estimate of drug-likeness (QED) is 0.173. The zero-order chi connectivity index (χ0) is 29.4. The maximum Gasteiger partial charge on any atom is 0.273 e. The van der Waals surface area contributed by atoms with E-state index >= 15 is 0 Å². The van der Waals surface area contributed by atoms with Crippen LogP contribution in [0.4, 0.5) is 17.1 Å². The lowest BCUT2D eigenvalue weighted by Gasteiger charge is -2.26. The van der Waals surface area contributed by atoms with Crippen LogP contribution in [0.1, 0.15) is 35.7 Å². The molecule has 2 amide bonds. The van der Waals surface area contributed by atoms with Gasteiger partial charge in [-0.2, -0.15) is 0 Å². The van der Waals surface area contributed by atoms with Gasteiger partial charge < -0.3 is 15.4 Å². The monoisotopic (exact) mass is 588 g/mol. The lowest BCUT2D eigenvalue weighted by Crippen LogP contribution is -2.38. The molecule has 212 valence electrons. The number of hydrogen-bond acceptors (Lipinski definition) is 7. The van der Waals surface area contributed by atoms with Crippen LogP contribution in [0.15, 0.2) is 65.6 Å². The molecule has 0 atom stereocenters. The van der Waals surface area contributed by atoms with E-state index in [2.05, 4.69) is 10.6 Å². The molecule has 3 rings (SSSR count). The van der Waals surface area contributed by atoms with Crippen molar-refractivity contribution in [2.24, 2.45) is 0 Å².